The van der Waals surface area contributed by atoms with E-state index >= 15 is 0 Å². The fourth-order valence-corrected chi connectivity index (χ4v) is 3.79. The van der Waals surface area contributed by atoms with Crippen LogP contribution in [0.3, 0.4) is 0 Å². The molecule has 0 radical (unpaired) electrons. The van der Waals surface area contributed by atoms with E-state index in [0.29, 0.717) is 11.8 Å². The van der Waals surface area contributed by atoms with Crippen molar-refractivity contribution in [1.82, 2.24) is 19.7 Å². The lowest BCUT2D eigenvalue weighted by Gasteiger charge is -2.20. The standard InChI is InChI=1S/C22H24N4O2/c27-21(25-12-5-1-2-6-13-25)16-26-22(28)19-10-4-3-9-18(19)20(24-26)14-17-8-7-11-23-15-17/h3-4,7-11,15H,1-2,5-6,12-14,16H2. The Hall–Kier alpha value is -3.02. The third-order valence-electron chi connectivity index (χ3n) is 5.28. The largest absolute Gasteiger partial charge is 0.341 e. The first-order valence-electron chi connectivity index (χ1n) is 9.88. The lowest BCUT2D eigenvalue weighted by atomic mass is 10.1. The SMILES string of the molecule is O=C(Cn1nc(Cc2cccnc2)c2ccccc2c1=O)N1CCCCCC1. The minimum Gasteiger partial charge on any atom is -0.341 e. The van der Waals surface area contributed by atoms with E-state index in [-0.39, 0.29) is 18.0 Å². The third kappa shape index (κ3) is 3.96. The van der Waals surface area contributed by atoms with Gasteiger partial charge in [0.05, 0.1) is 11.1 Å². The number of pyridine rings is 1. The molecule has 0 aliphatic carbocycles. The number of rotatable bonds is 4. The molecule has 3 aromatic rings. The van der Waals surface area contributed by atoms with E-state index in [9.17, 15) is 9.59 Å². The molecular weight excluding hydrogens is 352 g/mol. The maximum atomic E-state index is 12.9. The van der Waals surface area contributed by atoms with Crippen LogP contribution in [0.1, 0.15) is 36.9 Å². The zero-order chi connectivity index (χ0) is 19.3. The van der Waals surface area contributed by atoms with Crippen molar-refractivity contribution >= 4 is 16.7 Å². The Balaban J connectivity index is 1.69. The van der Waals surface area contributed by atoms with Gasteiger partial charge in [-0.05, 0) is 30.5 Å². The van der Waals surface area contributed by atoms with Crippen molar-refractivity contribution in [3.63, 3.8) is 0 Å². The van der Waals surface area contributed by atoms with Gasteiger partial charge in [0.1, 0.15) is 6.54 Å². The van der Waals surface area contributed by atoms with Crippen molar-refractivity contribution in [2.45, 2.75) is 38.6 Å². The number of likely N-dealkylation sites (tertiary alicyclic amines) is 1. The molecule has 0 N–H and O–H groups in total. The predicted octanol–water partition coefficient (Wildman–Crippen LogP) is 2.78. The highest BCUT2D eigenvalue weighted by atomic mass is 16.2. The van der Waals surface area contributed by atoms with Crippen molar-refractivity contribution in [3.8, 4) is 0 Å². The summed E-state index contributed by atoms with van der Waals surface area (Å²) in [6.45, 7) is 1.52. The molecule has 0 unspecified atom stereocenters. The Bertz CT molecular complexity index is 1020. The maximum absolute atomic E-state index is 12.9. The second kappa shape index (κ2) is 8.33. The zero-order valence-electron chi connectivity index (χ0n) is 15.9. The number of carbonyl (C=O) groups excluding carboxylic acids is 1. The number of nitrogens with zero attached hydrogens (tertiary/aromatic N) is 4. The van der Waals surface area contributed by atoms with Gasteiger partial charge in [0.25, 0.3) is 5.56 Å². The molecule has 0 bridgehead atoms. The van der Waals surface area contributed by atoms with Crippen LogP contribution in [0.2, 0.25) is 0 Å². The molecule has 1 aromatic carbocycles. The smallest absolute Gasteiger partial charge is 0.275 e. The lowest BCUT2D eigenvalue weighted by molar-refractivity contribution is -0.132. The average Bonchev–Trinajstić information content (AvgIpc) is 3.02. The van der Waals surface area contributed by atoms with E-state index < -0.39 is 0 Å². The molecule has 144 valence electrons. The molecule has 28 heavy (non-hydrogen) atoms. The van der Waals surface area contributed by atoms with Gasteiger partial charge >= 0.3 is 0 Å². The van der Waals surface area contributed by atoms with E-state index in [0.717, 1.165) is 55.4 Å². The molecule has 0 atom stereocenters. The summed E-state index contributed by atoms with van der Waals surface area (Å²) in [4.78, 5) is 31.8. The van der Waals surface area contributed by atoms with Crippen LogP contribution >= 0.6 is 0 Å². The van der Waals surface area contributed by atoms with E-state index in [2.05, 4.69) is 10.1 Å². The van der Waals surface area contributed by atoms with E-state index in [1.807, 2.05) is 35.2 Å². The van der Waals surface area contributed by atoms with Crippen molar-refractivity contribution in [1.29, 1.82) is 0 Å². The van der Waals surface area contributed by atoms with Gasteiger partial charge in [-0.3, -0.25) is 14.6 Å². The summed E-state index contributed by atoms with van der Waals surface area (Å²) in [6, 6.07) is 11.3. The minimum absolute atomic E-state index is 0.0102. The van der Waals surface area contributed by atoms with Crippen LogP contribution in [0.4, 0.5) is 0 Å². The molecule has 6 heteroatoms. The monoisotopic (exact) mass is 376 g/mol. The Kier molecular flexibility index (Phi) is 5.46. The number of hydrogen-bond acceptors (Lipinski definition) is 4. The first kappa shape index (κ1) is 18.3. The molecule has 1 aliphatic heterocycles. The first-order valence-corrected chi connectivity index (χ1v) is 9.88. The number of benzene rings is 1. The molecular formula is C22H24N4O2. The Morgan fingerprint density at radius 1 is 0.964 bits per heavy atom. The Labute approximate surface area is 163 Å². The second-order valence-electron chi connectivity index (χ2n) is 7.29. The molecule has 4 rings (SSSR count). The van der Waals surface area contributed by atoms with Gasteiger partial charge in [0, 0.05) is 37.3 Å². The highest BCUT2D eigenvalue weighted by molar-refractivity contribution is 5.84. The molecule has 1 aliphatic rings. The average molecular weight is 376 g/mol. The first-order chi connectivity index (χ1) is 13.7. The van der Waals surface area contributed by atoms with Crippen LogP contribution in [0.15, 0.2) is 53.6 Å². The van der Waals surface area contributed by atoms with Crippen molar-refractivity contribution in [2.24, 2.45) is 0 Å². The molecule has 1 fully saturated rings. The number of fused-ring (bicyclic) bond motifs is 1. The summed E-state index contributed by atoms with van der Waals surface area (Å²) in [5, 5.41) is 6.01. The molecule has 1 amide bonds. The fourth-order valence-electron chi connectivity index (χ4n) is 3.79. The topological polar surface area (TPSA) is 68.1 Å². The summed E-state index contributed by atoms with van der Waals surface area (Å²) in [7, 11) is 0. The third-order valence-corrected chi connectivity index (χ3v) is 5.28. The van der Waals surface area contributed by atoms with E-state index in [1.54, 1.807) is 18.5 Å². The van der Waals surface area contributed by atoms with Crippen molar-refractivity contribution < 1.29 is 4.79 Å². The molecule has 2 aromatic heterocycles. The summed E-state index contributed by atoms with van der Waals surface area (Å²) in [6.07, 6.45) is 8.47. The predicted molar refractivity (Wildman–Crippen MR) is 108 cm³/mol. The van der Waals surface area contributed by atoms with Gasteiger partial charge in [-0.2, -0.15) is 5.10 Å². The number of aromatic nitrogens is 3. The van der Waals surface area contributed by atoms with Crippen molar-refractivity contribution in [2.75, 3.05) is 13.1 Å². The van der Waals surface area contributed by atoms with E-state index in [4.69, 9.17) is 0 Å². The highest BCUT2D eigenvalue weighted by Gasteiger charge is 2.18. The van der Waals surface area contributed by atoms with Crippen molar-refractivity contribution in [3.05, 3.63) is 70.4 Å². The maximum Gasteiger partial charge on any atom is 0.275 e. The molecule has 3 heterocycles. The van der Waals surface area contributed by atoms with E-state index in [1.165, 1.54) is 4.68 Å². The van der Waals surface area contributed by atoms with Gasteiger partial charge in [0.2, 0.25) is 5.91 Å². The van der Waals surface area contributed by atoms with Crippen LogP contribution < -0.4 is 5.56 Å². The van der Waals surface area contributed by atoms with Gasteiger partial charge in [-0.1, -0.05) is 37.1 Å². The number of carbonyl (C=O) groups is 1. The van der Waals surface area contributed by atoms with Gasteiger partial charge < -0.3 is 4.90 Å². The quantitative estimate of drug-likeness (QED) is 0.702. The minimum atomic E-state index is -0.214. The van der Waals surface area contributed by atoms with Gasteiger partial charge in [-0.15, -0.1) is 0 Å². The Morgan fingerprint density at radius 2 is 1.71 bits per heavy atom. The number of hydrogen-bond donors (Lipinski definition) is 0. The summed E-state index contributed by atoms with van der Waals surface area (Å²) >= 11 is 0. The molecule has 1 saturated heterocycles. The zero-order valence-corrected chi connectivity index (χ0v) is 15.9. The molecule has 0 spiro atoms. The normalized spacial score (nSPS) is 14.8. The number of amides is 1. The fraction of sp³-hybridized carbons (Fsp3) is 0.364. The van der Waals surface area contributed by atoms with Crippen LogP contribution in [0.25, 0.3) is 10.8 Å². The summed E-state index contributed by atoms with van der Waals surface area (Å²) < 4.78 is 1.33. The van der Waals surface area contributed by atoms with Crippen LogP contribution in [0, 0.1) is 0 Å². The van der Waals surface area contributed by atoms with Crippen LogP contribution in [-0.4, -0.2) is 38.7 Å². The van der Waals surface area contributed by atoms with Gasteiger partial charge in [0.15, 0.2) is 0 Å². The lowest BCUT2D eigenvalue weighted by Crippen LogP contribution is -2.38. The van der Waals surface area contributed by atoms with Crippen LogP contribution in [-0.2, 0) is 17.8 Å². The molecule has 6 nitrogen and oxygen atoms in total. The Morgan fingerprint density at radius 3 is 2.43 bits per heavy atom. The summed E-state index contributed by atoms with van der Waals surface area (Å²) in [5.41, 5.74) is 1.59. The van der Waals surface area contributed by atoms with Crippen LogP contribution in [0.5, 0.6) is 0 Å². The second-order valence-corrected chi connectivity index (χ2v) is 7.29. The molecule has 0 saturated carbocycles. The van der Waals surface area contributed by atoms with Gasteiger partial charge in [-0.25, -0.2) is 4.68 Å². The highest BCUT2D eigenvalue weighted by Crippen LogP contribution is 2.17. The summed E-state index contributed by atoms with van der Waals surface area (Å²) in [5.74, 6) is -0.0286.